The van der Waals surface area contributed by atoms with Crippen molar-refractivity contribution in [2.24, 2.45) is 0 Å². The number of anilines is 1. The monoisotopic (exact) mass is 275 g/mol. The van der Waals surface area contributed by atoms with Crippen LogP contribution in [-0.4, -0.2) is 30.9 Å². The van der Waals surface area contributed by atoms with E-state index in [1.807, 2.05) is 6.92 Å². The van der Waals surface area contributed by atoms with Crippen molar-refractivity contribution in [2.75, 3.05) is 18.9 Å². The molecule has 2 rings (SSSR count). The van der Waals surface area contributed by atoms with Crippen LogP contribution in [0.2, 0.25) is 0 Å². The van der Waals surface area contributed by atoms with Crippen molar-refractivity contribution in [3.63, 3.8) is 0 Å². The van der Waals surface area contributed by atoms with E-state index in [1.54, 1.807) is 31.3 Å². The van der Waals surface area contributed by atoms with E-state index in [-0.39, 0.29) is 11.8 Å². The van der Waals surface area contributed by atoms with Crippen molar-refractivity contribution in [3.05, 3.63) is 29.8 Å². The summed E-state index contributed by atoms with van der Waals surface area (Å²) in [4.78, 5) is 23.7. The molecule has 20 heavy (non-hydrogen) atoms. The predicted molar refractivity (Wildman–Crippen MR) is 78.7 cm³/mol. The van der Waals surface area contributed by atoms with Crippen LogP contribution < -0.4 is 16.0 Å². The Balaban J connectivity index is 2.02. The van der Waals surface area contributed by atoms with E-state index in [2.05, 4.69) is 16.0 Å². The van der Waals surface area contributed by atoms with Crippen molar-refractivity contribution in [3.8, 4) is 0 Å². The first-order chi connectivity index (χ1) is 9.55. The van der Waals surface area contributed by atoms with Gasteiger partial charge in [-0.2, -0.15) is 0 Å². The summed E-state index contributed by atoms with van der Waals surface area (Å²) in [6.07, 6.45) is 3.02. The molecule has 0 aliphatic carbocycles. The van der Waals surface area contributed by atoms with E-state index < -0.39 is 5.54 Å². The highest BCUT2D eigenvalue weighted by Gasteiger charge is 2.34. The van der Waals surface area contributed by atoms with Crippen LogP contribution in [0.25, 0.3) is 0 Å². The van der Waals surface area contributed by atoms with Crippen molar-refractivity contribution in [1.29, 1.82) is 0 Å². The van der Waals surface area contributed by atoms with E-state index >= 15 is 0 Å². The molecule has 2 amide bonds. The van der Waals surface area contributed by atoms with Crippen LogP contribution in [-0.2, 0) is 4.79 Å². The molecule has 1 fully saturated rings. The summed E-state index contributed by atoms with van der Waals surface area (Å²) in [5, 5.41) is 8.74. The lowest BCUT2D eigenvalue weighted by Gasteiger charge is -2.33. The first-order valence-corrected chi connectivity index (χ1v) is 6.94. The summed E-state index contributed by atoms with van der Waals surface area (Å²) in [6, 6.07) is 6.89. The van der Waals surface area contributed by atoms with Crippen LogP contribution in [0.3, 0.4) is 0 Å². The maximum absolute atomic E-state index is 12.3. The Morgan fingerprint density at radius 2 is 1.90 bits per heavy atom. The van der Waals surface area contributed by atoms with E-state index in [0.717, 1.165) is 25.8 Å². The van der Waals surface area contributed by atoms with Gasteiger partial charge in [0.1, 0.15) is 0 Å². The van der Waals surface area contributed by atoms with Crippen LogP contribution in [0.15, 0.2) is 24.3 Å². The van der Waals surface area contributed by atoms with E-state index in [9.17, 15) is 9.59 Å². The van der Waals surface area contributed by atoms with Gasteiger partial charge in [-0.15, -0.1) is 0 Å². The molecule has 0 aromatic heterocycles. The molecule has 1 aliphatic rings. The summed E-state index contributed by atoms with van der Waals surface area (Å²) < 4.78 is 0. The Morgan fingerprint density at radius 3 is 2.45 bits per heavy atom. The van der Waals surface area contributed by atoms with E-state index in [4.69, 9.17) is 0 Å². The fraction of sp³-hybridized carbons (Fsp3) is 0.467. The Labute approximate surface area is 119 Å². The molecule has 0 spiro atoms. The molecule has 1 aromatic rings. The molecule has 5 heteroatoms. The number of hydrogen-bond acceptors (Lipinski definition) is 3. The zero-order valence-electron chi connectivity index (χ0n) is 12.0. The van der Waals surface area contributed by atoms with Crippen LogP contribution in [0, 0.1) is 0 Å². The van der Waals surface area contributed by atoms with Crippen LogP contribution >= 0.6 is 0 Å². The highest BCUT2D eigenvalue weighted by molar-refractivity contribution is 5.99. The molecule has 1 atom stereocenters. The third-order valence-corrected chi connectivity index (χ3v) is 3.75. The first-order valence-electron chi connectivity index (χ1n) is 6.94. The van der Waals surface area contributed by atoms with Gasteiger partial charge in [0.05, 0.1) is 5.54 Å². The molecule has 1 unspecified atom stereocenters. The Kier molecular flexibility index (Phi) is 4.39. The van der Waals surface area contributed by atoms with Crippen molar-refractivity contribution < 1.29 is 9.59 Å². The Bertz CT molecular complexity index is 490. The first kappa shape index (κ1) is 14.5. The smallest absolute Gasteiger partial charge is 0.251 e. The maximum Gasteiger partial charge on any atom is 0.251 e. The number of benzene rings is 1. The van der Waals surface area contributed by atoms with Gasteiger partial charge >= 0.3 is 0 Å². The molecular formula is C15H21N3O2. The SMILES string of the molecule is CNC(=O)c1ccc(NC(=O)C2(C)CCCCN2)cc1. The topological polar surface area (TPSA) is 70.2 Å². The molecule has 108 valence electrons. The summed E-state index contributed by atoms with van der Waals surface area (Å²) in [5.41, 5.74) is 0.779. The van der Waals surface area contributed by atoms with Crippen molar-refractivity contribution in [2.45, 2.75) is 31.7 Å². The van der Waals surface area contributed by atoms with E-state index in [1.165, 1.54) is 0 Å². The van der Waals surface area contributed by atoms with Gasteiger partial charge < -0.3 is 16.0 Å². The molecule has 0 bridgehead atoms. The Morgan fingerprint density at radius 1 is 1.20 bits per heavy atom. The fourth-order valence-electron chi connectivity index (χ4n) is 2.37. The number of piperidine rings is 1. The van der Waals surface area contributed by atoms with Crippen LogP contribution in [0.4, 0.5) is 5.69 Å². The van der Waals surface area contributed by atoms with Gasteiger partial charge in [-0.05, 0) is 57.0 Å². The summed E-state index contributed by atoms with van der Waals surface area (Å²) in [5.74, 6) is -0.159. The van der Waals surface area contributed by atoms with Gasteiger partial charge in [-0.25, -0.2) is 0 Å². The standard InChI is InChI=1S/C15H21N3O2/c1-15(9-3-4-10-17-15)14(20)18-12-7-5-11(6-8-12)13(19)16-2/h5-8,17H,3-4,9-10H2,1-2H3,(H,16,19)(H,18,20). The molecule has 1 saturated heterocycles. The third-order valence-electron chi connectivity index (χ3n) is 3.75. The molecule has 1 aliphatic heterocycles. The molecule has 0 saturated carbocycles. The lowest BCUT2D eigenvalue weighted by atomic mass is 9.90. The summed E-state index contributed by atoms with van der Waals surface area (Å²) >= 11 is 0. The van der Waals surface area contributed by atoms with Gasteiger partial charge in [0, 0.05) is 18.3 Å². The zero-order chi connectivity index (χ0) is 14.6. The minimum Gasteiger partial charge on any atom is -0.355 e. The van der Waals surface area contributed by atoms with E-state index in [0.29, 0.717) is 11.3 Å². The number of carbonyl (C=O) groups excluding carboxylic acids is 2. The molecule has 3 N–H and O–H groups in total. The fourth-order valence-corrected chi connectivity index (χ4v) is 2.37. The highest BCUT2D eigenvalue weighted by Crippen LogP contribution is 2.21. The second kappa shape index (κ2) is 6.05. The quantitative estimate of drug-likeness (QED) is 0.783. The maximum atomic E-state index is 12.3. The Hall–Kier alpha value is -1.88. The minimum absolute atomic E-state index is 0.0232. The predicted octanol–water partition coefficient (Wildman–Crippen LogP) is 1.52. The lowest BCUT2D eigenvalue weighted by molar-refractivity contribution is -0.122. The van der Waals surface area contributed by atoms with Gasteiger partial charge in [-0.3, -0.25) is 9.59 Å². The molecule has 1 aromatic carbocycles. The van der Waals surface area contributed by atoms with Gasteiger partial charge in [0.2, 0.25) is 5.91 Å². The van der Waals surface area contributed by atoms with Gasteiger partial charge in [-0.1, -0.05) is 0 Å². The molecule has 5 nitrogen and oxygen atoms in total. The third kappa shape index (κ3) is 3.17. The van der Waals surface area contributed by atoms with Gasteiger partial charge in [0.25, 0.3) is 5.91 Å². The van der Waals surface area contributed by atoms with Crippen molar-refractivity contribution >= 4 is 17.5 Å². The minimum atomic E-state index is -0.502. The number of hydrogen-bond donors (Lipinski definition) is 3. The summed E-state index contributed by atoms with van der Waals surface area (Å²) in [6.45, 7) is 2.81. The average molecular weight is 275 g/mol. The van der Waals surface area contributed by atoms with Crippen LogP contribution in [0.5, 0.6) is 0 Å². The largest absolute Gasteiger partial charge is 0.355 e. The lowest BCUT2D eigenvalue weighted by Crippen LogP contribution is -2.54. The van der Waals surface area contributed by atoms with Crippen LogP contribution in [0.1, 0.15) is 36.5 Å². The second-order valence-corrected chi connectivity index (χ2v) is 5.33. The number of carbonyl (C=O) groups is 2. The molecule has 0 radical (unpaired) electrons. The average Bonchev–Trinajstić information content (AvgIpc) is 2.48. The molecule has 1 heterocycles. The molecular weight excluding hydrogens is 254 g/mol. The van der Waals surface area contributed by atoms with Gasteiger partial charge in [0.15, 0.2) is 0 Å². The number of rotatable bonds is 3. The highest BCUT2D eigenvalue weighted by atomic mass is 16.2. The summed E-state index contributed by atoms with van der Waals surface area (Å²) in [7, 11) is 1.59. The zero-order valence-corrected chi connectivity index (χ0v) is 12.0. The normalized spacial score (nSPS) is 22.1. The number of amides is 2. The van der Waals surface area contributed by atoms with Crippen molar-refractivity contribution in [1.82, 2.24) is 10.6 Å². The number of nitrogens with one attached hydrogen (secondary N) is 3. The second-order valence-electron chi connectivity index (χ2n) is 5.33.